The lowest BCUT2D eigenvalue weighted by atomic mass is 10.2. The second-order valence-electron chi connectivity index (χ2n) is 5.94. The van der Waals surface area contributed by atoms with E-state index < -0.39 is 6.09 Å². The van der Waals surface area contributed by atoms with Crippen LogP contribution in [0.4, 0.5) is 4.79 Å². The largest absolute Gasteiger partial charge is 0.461 e. The number of esters is 1. The van der Waals surface area contributed by atoms with Crippen LogP contribution in [0.25, 0.3) is 12.2 Å². The third kappa shape index (κ3) is 9.38. The van der Waals surface area contributed by atoms with Gasteiger partial charge in [-0.3, -0.25) is 4.79 Å². The molecule has 0 fully saturated rings. The summed E-state index contributed by atoms with van der Waals surface area (Å²) in [5, 5.41) is 2.61. The molecule has 2 rings (SSSR count). The maximum atomic E-state index is 11.6. The first-order chi connectivity index (χ1) is 13.7. The van der Waals surface area contributed by atoms with Gasteiger partial charge in [0.1, 0.15) is 13.2 Å². The first kappa shape index (κ1) is 21.0. The van der Waals surface area contributed by atoms with Gasteiger partial charge in [0, 0.05) is 13.0 Å². The molecule has 1 N–H and O–H groups in total. The molecular weight excluding hydrogens is 354 g/mol. The summed E-state index contributed by atoms with van der Waals surface area (Å²) in [6.07, 6.45) is 7.59. The molecule has 0 saturated carbocycles. The predicted molar refractivity (Wildman–Crippen MR) is 110 cm³/mol. The lowest BCUT2D eigenvalue weighted by Crippen LogP contribution is -2.25. The molecule has 5 heteroatoms. The number of carbonyl (C=O) groups excluding carboxylic acids is 2. The van der Waals surface area contributed by atoms with Gasteiger partial charge < -0.3 is 14.8 Å². The van der Waals surface area contributed by atoms with E-state index in [1.165, 1.54) is 0 Å². The lowest BCUT2D eigenvalue weighted by Gasteiger charge is -2.05. The quantitative estimate of drug-likeness (QED) is 0.489. The minimum Gasteiger partial charge on any atom is -0.461 e. The number of hydrogen-bond donors (Lipinski definition) is 1. The number of nitrogens with one attached hydrogen (secondary N) is 1. The first-order valence-corrected chi connectivity index (χ1v) is 9.23. The fraction of sp³-hybridized carbons (Fsp3) is 0.217. The van der Waals surface area contributed by atoms with Crippen molar-refractivity contribution in [3.8, 4) is 0 Å². The molecule has 0 spiro atoms. The smallest absolute Gasteiger partial charge is 0.407 e. The van der Waals surface area contributed by atoms with Crippen molar-refractivity contribution in [1.82, 2.24) is 5.32 Å². The van der Waals surface area contributed by atoms with Gasteiger partial charge in [0.25, 0.3) is 0 Å². The minimum absolute atomic E-state index is 0.191. The average Bonchev–Trinajstić information content (AvgIpc) is 2.73. The Morgan fingerprint density at radius 3 is 1.89 bits per heavy atom. The summed E-state index contributed by atoms with van der Waals surface area (Å²) in [6, 6.07) is 19.5. The topological polar surface area (TPSA) is 64.6 Å². The Balaban J connectivity index is 1.48. The van der Waals surface area contributed by atoms with Crippen molar-refractivity contribution in [3.05, 3.63) is 83.9 Å². The number of hydrogen-bond acceptors (Lipinski definition) is 4. The molecule has 0 radical (unpaired) electrons. The van der Waals surface area contributed by atoms with Crippen molar-refractivity contribution in [2.45, 2.75) is 12.8 Å². The number of rotatable bonds is 10. The molecule has 0 aromatic heterocycles. The molecule has 2 aromatic carbocycles. The predicted octanol–water partition coefficient (Wildman–Crippen LogP) is 4.46. The molecule has 0 heterocycles. The van der Waals surface area contributed by atoms with Crippen LogP contribution in [0.1, 0.15) is 24.0 Å². The Labute approximate surface area is 165 Å². The molecule has 1 amide bonds. The van der Waals surface area contributed by atoms with E-state index in [9.17, 15) is 9.59 Å². The van der Waals surface area contributed by atoms with Gasteiger partial charge in [0.2, 0.25) is 0 Å². The van der Waals surface area contributed by atoms with Crippen LogP contribution in [-0.4, -0.2) is 31.8 Å². The summed E-state index contributed by atoms with van der Waals surface area (Å²) in [7, 11) is 0. The van der Waals surface area contributed by atoms with Crippen LogP contribution in [0.15, 0.2) is 72.8 Å². The van der Waals surface area contributed by atoms with Crippen LogP contribution in [0.3, 0.4) is 0 Å². The Kier molecular flexibility index (Phi) is 9.68. The maximum Gasteiger partial charge on any atom is 0.407 e. The van der Waals surface area contributed by atoms with E-state index >= 15 is 0 Å². The van der Waals surface area contributed by atoms with E-state index in [1.807, 2.05) is 72.8 Å². The highest BCUT2D eigenvalue weighted by atomic mass is 16.5. The molecule has 146 valence electrons. The third-order valence-electron chi connectivity index (χ3n) is 3.70. The second-order valence-corrected chi connectivity index (χ2v) is 5.94. The van der Waals surface area contributed by atoms with Crippen LogP contribution in [0.2, 0.25) is 0 Å². The average molecular weight is 379 g/mol. The molecule has 0 aliphatic heterocycles. The van der Waals surface area contributed by atoms with Gasteiger partial charge >= 0.3 is 12.1 Å². The summed E-state index contributed by atoms with van der Waals surface area (Å²) in [5.74, 6) is -0.293. The molecule has 0 atom stereocenters. The summed E-state index contributed by atoms with van der Waals surface area (Å²) in [6.45, 7) is 0.781. The van der Waals surface area contributed by atoms with Crippen molar-refractivity contribution < 1.29 is 19.1 Å². The molecular formula is C23H25NO4. The van der Waals surface area contributed by atoms with Gasteiger partial charge in [-0.25, -0.2) is 4.79 Å². The second kappa shape index (κ2) is 12.9. The van der Waals surface area contributed by atoms with Crippen molar-refractivity contribution in [2.75, 3.05) is 19.8 Å². The summed E-state index contributed by atoms with van der Waals surface area (Å²) < 4.78 is 10.1. The molecule has 28 heavy (non-hydrogen) atoms. The van der Waals surface area contributed by atoms with Gasteiger partial charge in [-0.2, -0.15) is 0 Å². The Hall–Kier alpha value is -3.34. The molecule has 0 aliphatic carbocycles. The van der Waals surface area contributed by atoms with Crippen LogP contribution in [-0.2, 0) is 14.3 Å². The zero-order chi connectivity index (χ0) is 19.9. The van der Waals surface area contributed by atoms with Crippen LogP contribution >= 0.6 is 0 Å². The van der Waals surface area contributed by atoms with E-state index in [-0.39, 0.29) is 25.6 Å². The molecule has 5 nitrogen and oxygen atoms in total. The molecule has 2 aromatic rings. The standard InChI is InChI=1S/C23H25NO4/c25-22(27-18-8-14-20-10-3-1-4-11-20)16-7-17-24-23(26)28-19-9-15-21-12-5-2-6-13-21/h1-6,8-15H,7,16-19H2,(H,24,26)/b14-8+,15-9+. The Morgan fingerprint density at radius 2 is 1.32 bits per heavy atom. The lowest BCUT2D eigenvalue weighted by molar-refractivity contribution is -0.142. The van der Waals surface area contributed by atoms with Crippen molar-refractivity contribution in [1.29, 1.82) is 0 Å². The first-order valence-electron chi connectivity index (χ1n) is 9.23. The van der Waals surface area contributed by atoms with E-state index in [1.54, 1.807) is 12.2 Å². The van der Waals surface area contributed by atoms with Gasteiger partial charge in [-0.1, -0.05) is 72.8 Å². The maximum absolute atomic E-state index is 11.6. The van der Waals surface area contributed by atoms with E-state index in [2.05, 4.69) is 5.32 Å². The van der Waals surface area contributed by atoms with Crippen LogP contribution < -0.4 is 5.32 Å². The normalized spacial score (nSPS) is 10.9. The number of benzene rings is 2. The monoisotopic (exact) mass is 379 g/mol. The van der Waals surface area contributed by atoms with Crippen LogP contribution in [0.5, 0.6) is 0 Å². The van der Waals surface area contributed by atoms with Gasteiger partial charge in [-0.15, -0.1) is 0 Å². The fourth-order valence-corrected chi connectivity index (χ4v) is 2.31. The molecule has 0 bridgehead atoms. The van der Waals surface area contributed by atoms with Crippen molar-refractivity contribution >= 4 is 24.2 Å². The summed E-state index contributed by atoms with van der Waals surface area (Å²) >= 11 is 0. The summed E-state index contributed by atoms with van der Waals surface area (Å²) in [5.41, 5.74) is 2.10. The molecule has 0 aliphatic rings. The zero-order valence-corrected chi connectivity index (χ0v) is 15.8. The van der Waals surface area contributed by atoms with Crippen molar-refractivity contribution in [2.24, 2.45) is 0 Å². The van der Waals surface area contributed by atoms with Gasteiger partial charge in [0.15, 0.2) is 0 Å². The highest BCUT2D eigenvalue weighted by Crippen LogP contribution is 2.02. The molecule has 0 saturated heterocycles. The van der Waals surface area contributed by atoms with Crippen LogP contribution in [0, 0.1) is 0 Å². The molecule has 0 unspecified atom stereocenters. The number of amides is 1. The van der Waals surface area contributed by atoms with Gasteiger partial charge in [0.05, 0.1) is 0 Å². The summed E-state index contributed by atoms with van der Waals surface area (Å²) in [4.78, 5) is 23.2. The Bertz CT molecular complexity index is 702. The fourth-order valence-electron chi connectivity index (χ4n) is 2.31. The highest BCUT2D eigenvalue weighted by molar-refractivity contribution is 5.70. The number of ether oxygens (including phenoxy) is 2. The van der Waals surface area contributed by atoms with E-state index in [0.717, 1.165) is 11.1 Å². The van der Waals surface area contributed by atoms with E-state index in [4.69, 9.17) is 9.47 Å². The SMILES string of the molecule is O=C(CCCNC(=O)OC/C=C/c1ccccc1)OC/C=C/c1ccccc1. The Morgan fingerprint density at radius 1 is 0.786 bits per heavy atom. The van der Waals surface area contributed by atoms with Crippen molar-refractivity contribution in [3.63, 3.8) is 0 Å². The number of carbonyl (C=O) groups is 2. The van der Waals surface area contributed by atoms with E-state index in [0.29, 0.717) is 13.0 Å². The number of alkyl carbamates (subject to hydrolysis) is 1. The highest BCUT2D eigenvalue weighted by Gasteiger charge is 2.03. The zero-order valence-electron chi connectivity index (χ0n) is 15.8. The minimum atomic E-state index is -0.503. The van der Waals surface area contributed by atoms with Gasteiger partial charge in [-0.05, 0) is 29.7 Å². The third-order valence-corrected chi connectivity index (χ3v) is 3.70.